The number of nitrogens with two attached hydrogens (primary N) is 2. The summed E-state index contributed by atoms with van der Waals surface area (Å²) in [5.74, 6) is -2.16. The summed E-state index contributed by atoms with van der Waals surface area (Å²) in [7, 11) is 0. The number of pyridine rings is 1. The Hall–Kier alpha value is -2.32. The largest absolute Gasteiger partial charge is 0.477 e. The van der Waals surface area contributed by atoms with Crippen molar-refractivity contribution in [3.05, 3.63) is 32.8 Å². The molecule has 2 heterocycles. The van der Waals surface area contributed by atoms with Crippen LogP contribution in [0.2, 0.25) is 5.02 Å². The number of nitrogen functional groups attached to an aromatic ring is 1. The lowest BCUT2D eigenvalue weighted by atomic mass is 10.0. The van der Waals surface area contributed by atoms with Crippen LogP contribution in [0.1, 0.15) is 42.1 Å². The Morgan fingerprint density at radius 2 is 2.04 bits per heavy atom. The molecule has 1 aliphatic heterocycles. The number of benzene rings is 1. The smallest absolute Gasteiger partial charge is 0.341 e. The first kappa shape index (κ1) is 17.8. The minimum atomic E-state index is -1.37. The zero-order chi connectivity index (χ0) is 20.0. The number of hydrogen-bond acceptors (Lipinski definition) is 5. The molecular weight excluding hydrogens is 387 g/mol. The summed E-state index contributed by atoms with van der Waals surface area (Å²) in [6.07, 6.45) is 4.97. The van der Waals surface area contributed by atoms with Crippen molar-refractivity contribution >= 4 is 39.8 Å². The maximum Gasteiger partial charge on any atom is 0.341 e. The maximum atomic E-state index is 15.3. The van der Waals surface area contributed by atoms with Crippen molar-refractivity contribution in [2.24, 2.45) is 11.1 Å². The first-order valence-corrected chi connectivity index (χ1v) is 9.72. The van der Waals surface area contributed by atoms with Crippen LogP contribution < -0.4 is 21.8 Å². The fourth-order valence-corrected chi connectivity index (χ4v) is 4.87. The highest BCUT2D eigenvalue weighted by atomic mass is 35.5. The molecular formula is C19H20ClFN4O3. The lowest BCUT2D eigenvalue weighted by Gasteiger charge is -2.24. The Kier molecular flexibility index (Phi) is 3.56. The van der Waals surface area contributed by atoms with Crippen molar-refractivity contribution in [1.82, 2.24) is 4.57 Å². The Balaban J connectivity index is 1.81. The highest BCUT2D eigenvalue weighted by molar-refractivity contribution is 6.38. The second-order valence-corrected chi connectivity index (χ2v) is 8.66. The number of aromatic carboxylic acids is 1. The van der Waals surface area contributed by atoms with Crippen LogP contribution in [0.15, 0.2) is 11.0 Å². The van der Waals surface area contributed by atoms with Crippen molar-refractivity contribution in [2.75, 3.05) is 23.7 Å². The first-order chi connectivity index (χ1) is 13.2. The minimum absolute atomic E-state index is 0.00279. The number of fused-ring (bicyclic) bond motifs is 1. The van der Waals surface area contributed by atoms with E-state index in [0.29, 0.717) is 18.6 Å². The van der Waals surface area contributed by atoms with E-state index in [-0.39, 0.29) is 39.3 Å². The zero-order valence-corrected chi connectivity index (χ0v) is 15.8. The molecule has 2 aromatic rings. The molecule has 5 N–H and O–H groups in total. The summed E-state index contributed by atoms with van der Waals surface area (Å²) >= 11 is 6.66. The normalized spacial score (nSPS) is 23.0. The van der Waals surface area contributed by atoms with E-state index < -0.39 is 22.8 Å². The molecule has 0 bridgehead atoms. The second kappa shape index (κ2) is 5.61. The number of hydrogen-bond donors (Lipinski definition) is 3. The SMILES string of the molecule is Nc1c(F)c(N2C[C@H](N)C3(CC3)C2)c(Cl)c2c1c(=O)c(C(=O)O)cn2C1CC1. The van der Waals surface area contributed by atoms with Gasteiger partial charge < -0.3 is 26.0 Å². The van der Waals surface area contributed by atoms with Crippen molar-refractivity contribution in [2.45, 2.75) is 37.8 Å². The highest BCUT2D eigenvalue weighted by Crippen LogP contribution is 2.54. The Bertz CT molecular complexity index is 1110. The highest BCUT2D eigenvalue weighted by Gasteiger charge is 2.54. The van der Waals surface area contributed by atoms with Crippen LogP contribution in [0.3, 0.4) is 0 Å². The molecule has 148 valence electrons. The summed E-state index contributed by atoms with van der Waals surface area (Å²) in [4.78, 5) is 26.1. The quantitative estimate of drug-likeness (QED) is 0.674. The standard InChI is InChI=1S/C19H20ClFN4O3/c20-12-15-11(17(26)9(18(27)28)5-25(15)8-1-2-8)14(23)13(21)16(12)24-6-10(22)19(7-24)3-4-19/h5,8,10H,1-4,6-7,22-23H2,(H,27,28)/t10-/m0/s1. The van der Waals surface area contributed by atoms with Crippen LogP contribution in [-0.4, -0.2) is 34.8 Å². The van der Waals surface area contributed by atoms with Gasteiger partial charge in [0.1, 0.15) is 5.56 Å². The molecule has 2 aliphatic carbocycles. The summed E-state index contributed by atoms with van der Waals surface area (Å²) < 4.78 is 17.0. The van der Waals surface area contributed by atoms with E-state index in [9.17, 15) is 14.7 Å². The molecule has 0 unspecified atom stereocenters. The number of nitrogens with zero attached hydrogens (tertiary/aromatic N) is 2. The van der Waals surface area contributed by atoms with Crippen LogP contribution >= 0.6 is 11.6 Å². The molecule has 3 aliphatic rings. The number of halogens is 2. The van der Waals surface area contributed by atoms with Crippen LogP contribution in [0, 0.1) is 11.2 Å². The fraction of sp³-hybridized carbons (Fsp3) is 0.474. The molecule has 9 heteroatoms. The topological polar surface area (TPSA) is 115 Å². The number of carbonyl (C=O) groups is 1. The average Bonchev–Trinajstić information content (AvgIpc) is 3.53. The molecule has 0 amide bonds. The summed E-state index contributed by atoms with van der Waals surface area (Å²) in [5, 5.41) is 9.33. The molecule has 5 rings (SSSR count). The molecule has 3 fully saturated rings. The van der Waals surface area contributed by atoms with Gasteiger partial charge in [-0.2, -0.15) is 0 Å². The molecule has 1 atom stereocenters. The van der Waals surface area contributed by atoms with Crippen molar-refractivity contribution in [3.8, 4) is 0 Å². The number of aromatic nitrogens is 1. The second-order valence-electron chi connectivity index (χ2n) is 8.28. The Morgan fingerprint density at radius 1 is 1.36 bits per heavy atom. The van der Waals surface area contributed by atoms with Crippen molar-refractivity contribution in [3.63, 3.8) is 0 Å². The summed E-state index contributed by atoms with van der Waals surface area (Å²) in [6.45, 7) is 1.05. The van der Waals surface area contributed by atoms with Gasteiger partial charge in [-0.05, 0) is 25.7 Å². The van der Waals surface area contributed by atoms with Gasteiger partial charge in [0.2, 0.25) is 5.43 Å². The zero-order valence-electron chi connectivity index (χ0n) is 15.0. The minimum Gasteiger partial charge on any atom is -0.477 e. The number of anilines is 2. The lowest BCUT2D eigenvalue weighted by molar-refractivity contribution is 0.0695. The van der Waals surface area contributed by atoms with E-state index >= 15 is 4.39 Å². The molecule has 1 spiro atoms. The predicted molar refractivity (Wildman–Crippen MR) is 105 cm³/mol. The van der Waals surface area contributed by atoms with Crippen LogP contribution in [-0.2, 0) is 0 Å². The molecule has 1 aromatic carbocycles. The maximum absolute atomic E-state index is 15.3. The van der Waals surface area contributed by atoms with Gasteiger partial charge in [-0.25, -0.2) is 9.18 Å². The monoisotopic (exact) mass is 406 g/mol. The predicted octanol–water partition coefficient (Wildman–Crippen LogP) is 2.34. The summed E-state index contributed by atoms with van der Waals surface area (Å²) in [5.41, 5.74) is 11.1. The fourth-order valence-electron chi connectivity index (χ4n) is 4.48. The van der Waals surface area contributed by atoms with Gasteiger partial charge in [-0.3, -0.25) is 4.79 Å². The Morgan fingerprint density at radius 3 is 2.57 bits per heavy atom. The number of rotatable bonds is 3. The third-order valence-corrected chi connectivity index (χ3v) is 6.81. The van der Waals surface area contributed by atoms with E-state index in [2.05, 4.69) is 0 Å². The first-order valence-electron chi connectivity index (χ1n) is 9.34. The Labute approximate surface area is 164 Å². The molecule has 2 saturated carbocycles. The van der Waals surface area contributed by atoms with E-state index in [4.69, 9.17) is 23.1 Å². The van der Waals surface area contributed by atoms with E-state index in [1.54, 1.807) is 4.57 Å². The van der Waals surface area contributed by atoms with Crippen molar-refractivity contribution in [1.29, 1.82) is 0 Å². The van der Waals surface area contributed by atoms with Crippen LogP contribution in [0.5, 0.6) is 0 Å². The van der Waals surface area contributed by atoms with Crippen LogP contribution in [0.25, 0.3) is 10.9 Å². The van der Waals surface area contributed by atoms with Crippen molar-refractivity contribution < 1.29 is 14.3 Å². The van der Waals surface area contributed by atoms with E-state index in [1.165, 1.54) is 6.20 Å². The average molecular weight is 407 g/mol. The van der Waals surface area contributed by atoms with E-state index in [1.807, 2.05) is 4.90 Å². The lowest BCUT2D eigenvalue weighted by Crippen LogP contribution is -2.30. The van der Waals surface area contributed by atoms with Gasteiger partial charge >= 0.3 is 5.97 Å². The molecule has 0 radical (unpaired) electrons. The third kappa shape index (κ3) is 2.31. The van der Waals surface area contributed by atoms with Gasteiger partial charge in [-0.15, -0.1) is 0 Å². The van der Waals surface area contributed by atoms with Gasteiger partial charge in [0, 0.05) is 36.8 Å². The molecule has 7 nitrogen and oxygen atoms in total. The molecule has 28 heavy (non-hydrogen) atoms. The van der Waals surface area contributed by atoms with Gasteiger partial charge in [0.05, 0.1) is 27.3 Å². The number of carboxylic acid groups (broad SMARTS) is 1. The number of carboxylic acids is 1. The third-order valence-electron chi connectivity index (χ3n) is 6.45. The van der Waals surface area contributed by atoms with Crippen LogP contribution in [0.4, 0.5) is 15.8 Å². The van der Waals surface area contributed by atoms with Gasteiger partial charge in [0.15, 0.2) is 5.82 Å². The van der Waals surface area contributed by atoms with E-state index in [0.717, 1.165) is 25.7 Å². The summed E-state index contributed by atoms with van der Waals surface area (Å²) in [6, 6.07) is -0.0491. The van der Waals surface area contributed by atoms with Gasteiger partial charge in [0.25, 0.3) is 0 Å². The molecule has 1 saturated heterocycles. The molecule has 1 aromatic heterocycles. The van der Waals surface area contributed by atoms with Gasteiger partial charge in [-0.1, -0.05) is 11.6 Å².